The van der Waals surface area contributed by atoms with Crippen molar-refractivity contribution in [3.05, 3.63) is 47.4 Å². The van der Waals surface area contributed by atoms with Crippen molar-refractivity contribution in [3.63, 3.8) is 0 Å². The molecule has 140 valence electrons. The molecule has 0 aliphatic carbocycles. The van der Waals surface area contributed by atoms with E-state index in [4.69, 9.17) is 10.3 Å². The van der Waals surface area contributed by atoms with Gasteiger partial charge in [0, 0.05) is 19.0 Å². The van der Waals surface area contributed by atoms with E-state index in [0.29, 0.717) is 18.1 Å². The molecular weight excluding hydrogens is 337 g/mol. The molecule has 2 atom stereocenters. The maximum absolute atomic E-state index is 13.0. The van der Waals surface area contributed by atoms with Crippen molar-refractivity contribution >= 4 is 6.03 Å². The van der Waals surface area contributed by atoms with Crippen molar-refractivity contribution in [3.8, 4) is 0 Å². The summed E-state index contributed by atoms with van der Waals surface area (Å²) in [6, 6.07) is 5.92. The van der Waals surface area contributed by atoms with Gasteiger partial charge in [0.25, 0.3) is 0 Å². The van der Waals surface area contributed by atoms with E-state index in [0.717, 1.165) is 37.9 Å². The number of benzene rings is 1. The van der Waals surface area contributed by atoms with Crippen molar-refractivity contribution in [2.75, 3.05) is 13.1 Å². The summed E-state index contributed by atoms with van der Waals surface area (Å²) in [6.07, 6.45) is 3.21. The van der Waals surface area contributed by atoms with Crippen LogP contribution in [0.1, 0.15) is 49.5 Å². The maximum atomic E-state index is 13.0. The van der Waals surface area contributed by atoms with Gasteiger partial charge in [0.1, 0.15) is 5.82 Å². The molecule has 2 amide bonds. The Balaban J connectivity index is 1.59. The Kier molecular flexibility index (Phi) is 5.82. The van der Waals surface area contributed by atoms with Gasteiger partial charge in [0.05, 0.1) is 6.04 Å². The molecule has 1 aromatic carbocycles. The maximum Gasteiger partial charge on any atom is 0.312 e. The number of aromatic nitrogens is 2. The van der Waals surface area contributed by atoms with Crippen LogP contribution >= 0.6 is 0 Å². The highest BCUT2D eigenvalue weighted by Crippen LogP contribution is 2.23. The number of primary amides is 1. The van der Waals surface area contributed by atoms with Gasteiger partial charge in [-0.1, -0.05) is 17.3 Å². The number of nitrogens with two attached hydrogens (primary N) is 1. The summed E-state index contributed by atoms with van der Waals surface area (Å²) in [5, 5.41) is 6.84. The second-order valence-electron chi connectivity index (χ2n) is 6.70. The van der Waals surface area contributed by atoms with E-state index in [1.165, 1.54) is 12.1 Å². The van der Waals surface area contributed by atoms with E-state index >= 15 is 0 Å². The minimum atomic E-state index is -0.473. The van der Waals surface area contributed by atoms with Gasteiger partial charge >= 0.3 is 6.03 Å². The number of urea groups is 1. The molecule has 3 N–H and O–H groups in total. The Hall–Kier alpha value is -2.48. The average Bonchev–Trinajstić information content (AvgIpc) is 2.95. The SMILES string of the molecule is CC(c1nc(Cc2ccc(F)cc2)no1)N1CCCC(NC(N)=O)CC1. The van der Waals surface area contributed by atoms with E-state index in [1.807, 2.05) is 6.92 Å². The molecule has 2 aromatic rings. The Morgan fingerprint density at radius 1 is 1.38 bits per heavy atom. The Labute approximate surface area is 151 Å². The fourth-order valence-electron chi connectivity index (χ4n) is 3.30. The van der Waals surface area contributed by atoms with Crippen molar-refractivity contribution in [2.24, 2.45) is 5.73 Å². The fourth-order valence-corrected chi connectivity index (χ4v) is 3.30. The normalized spacial score (nSPS) is 19.7. The Morgan fingerprint density at radius 2 is 2.15 bits per heavy atom. The molecule has 0 spiro atoms. The molecule has 7 nitrogen and oxygen atoms in total. The van der Waals surface area contributed by atoms with Crippen LogP contribution in [0.2, 0.25) is 0 Å². The highest BCUT2D eigenvalue weighted by molar-refractivity contribution is 5.71. The number of halogens is 1. The van der Waals surface area contributed by atoms with Gasteiger partial charge in [-0.2, -0.15) is 4.98 Å². The number of carbonyl (C=O) groups excluding carboxylic acids is 1. The standard InChI is InChI=1S/C18H24FN5O2/c1-12(24-9-2-3-15(8-10-24)21-18(20)25)17-22-16(23-26-17)11-13-4-6-14(19)7-5-13/h4-7,12,15H,2-3,8-11H2,1H3,(H3,20,21,25). The minimum Gasteiger partial charge on any atom is -0.352 e. The number of likely N-dealkylation sites (tertiary alicyclic amines) is 1. The molecule has 0 radical (unpaired) electrons. The minimum absolute atomic E-state index is 0.00297. The highest BCUT2D eigenvalue weighted by Gasteiger charge is 2.25. The number of rotatable bonds is 5. The molecule has 0 bridgehead atoms. The van der Waals surface area contributed by atoms with Crippen LogP contribution < -0.4 is 11.1 Å². The van der Waals surface area contributed by atoms with Gasteiger partial charge < -0.3 is 15.6 Å². The lowest BCUT2D eigenvalue weighted by Gasteiger charge is -2.24. The topological polar surface area (TPSA) is 97.3 Å². The van der Waals surface area contributed by atoms with Crippen LogP contribution in [0.3, 0.4) is 0 Å². The summed E-state index contributed by atoms with van der Waals surface area (Å²) in [7, 11) is 0. The number of hydrogen-bond acceptors (Lipinski definition) is 5. The Bertz CT molecular complexity index is 733. The zero-order chi connectivity index (χ0) is 18.5. The molecule has 26 heavy (non-hydrogen) atoms. The van der Waals surface area contributed by atoms with Crippen molar-refractivity contribution < 1.29 is 13.7 Å². The van der Waals surface area contributed by atoms with Crippen LogP contribution in [-0.2, 0) is 6.42 Å². The molecule has 3 rings (SSSR count). The Morgan fingerprint density at radius 3 is 2.88 bits per heavy atom. The molecule has 2 heterocycles. The summed E-state index contributed by atoms with van der Waals surface area (Å²) in [6.45, 7) is 3.76. The molecule has 1 aliphatic rings. The van der Waals surface area contributed by atoms with Crippen LogP contribution in [0.5, 0.6) is 0 Å². The van der Waals surface area contributed by atoms with E-state index in [2.05, 4.69) is 20.4 Å². The summed E-state index contributed by atoms with van der Waals surface area (Å²) >= 11 is 0. The van der Waals surface area contributed by atoms with Crippen LogP contribution in [0.25, 0.3) is 0 Å². The van der Waals surface area contributed by atoms with Crippen LogP contribution in [0, 0.1) is 5.82 Å². The van der Waals surface area contributed by atoms with E-state index in [9.17, 15) is 9.18 Å². The van der Waals surface area contributed by atoms with Crippen molar-refractivity contribution in [1.82, 2.24) is 20.4 Å². The quantitative estimate of drug-likeness (QED) is 0.852. The zero-order valence-electron chi connectivity index (χ0n) is 14.8. The van der Waals surface area contributed by atoms with E-state index in [1.54, 1.807) is 12.1 Å². The highest BCUT2D eigenvalue weighted by atomic mass is 19.1. The lowest BCUT2D eigenvalue weighted by Crippen LogP contribution is -2.39. The monoisotopic (exact) mass is 361 g/mol. The largest absolute Gasteiger partial charge is 0.352 e. The lowest BCUT2D eigenvalue weighted by molar-refractivity contribution is 0.177. The molecule has 1 aromatic heterocycles. The van der Waals surface area contributed by atoms with Crippen LogP contribution in [0.4, 0.5) is 9.18 Å². The van der Waals surface area contributed by atoms with E-state index in [-0.39, 0.29) is 17.9 Å². The van der Waals surface area contributed by atoms with E-state index < -0.39 is 6.03 Å². The second kappa shape index (κ2) is 8.27. The number of amides is 2. The third-order valence-electron chi connectivity index (χ3n) is 4.77. The lowest BCUT2D eigenvalue weighted by atomic mass is 10.1. The number of nitrogens with one attached hydrogen (secondary N) is 1. The molecule has 0 saturated carbocycles. The second-order valence-corrected chi connectivity index (χ2v) is 6.70. The predicted octanol–water partition coefficient (Wildman–Crippen LogP) is 2.38. The van der Waals surface area contributed by atoms with Gasteiger partial charge in [-0.3, -0.25) is 4.90 Å². The molecule has 2 unspecified atom stereocenters. The molecule has 1 fully saturated rings. The number of hydrogen-bond donors (Lipinski definition) is 2. The first kappa shape index (κ1) is 18.3. The first-order valence-electron chi connectivity index (χ1n) is 8.88. The fraction of sp³-hybridized carbons (Fsp3) is 0.500. The number of nitrogens with zero attached hydrogens (tertiary/aromatic N) is 3. The first-order chi connectivity index (χ1) is 12.5. The smallest absolute Gasteiger partial charge is 0.312 e. The van der Waals surface area contributed by atoms with Gasteiger partial charge in [-0.25, -0.2) is 9.18 Å². The molecule has 1 saturated heterocycles. The predicted molar refractivity (Wildman–Crippen MR) is 93.9 cm³/mol. The average molecular weight is 361 g/mol. The summed E-state index contributed by atoms with van der Waals surface area (Å²) in [5.74, 6) is 0.895. The van der Waals surface area contributed by atoms with Crippen LogP contribution in [0.15, 0.2) is 28.8 Å². The molecule has 1 aliphatic heterocycles. The van der Waals surface area contributed by atoms with Crippen LogP contribution in [-0.4, -0.2) is 40.2 Å². The van der Waals surface area contributed by atoms with Gasteiger partial charge in [0.15, 0.2) is 5.82 Å². The van der Waals surface area contributed by atoms with Gasteiger partial charge in [-0.15, -0.1) is 0 Å². The molecular formula is C18H24FN5O2. The zero-order valence-corrected chi connectivity index (χ0v) is 14.8. The van der Waals surface area contributed by atoms with Gasteiger partial charge in [0.2, 0.25) is 5.89 Å². The summed E-state index contributed by atoms with van der Waals surface area (Å²) < 4.78 is 18.4. The first-order valence-corrected chi connectivity index (χ1v) is 8.88. The summed E-state index contributed by atoms with van der Waals surface area (Å²) in [4.78, 5) is 17.8. The van der Waals surface area contributed by atoms with Crippen molar-refractivity contribution in [2.45, 2.75) is 44.7 Å². The third-order valence-corrected chi connectivity index (χ3v) is 4.77. The number of carbonyl (C=O) groups is 1. The molecule has 8 heteroatoms. The third kappa shape index (κ3) is 4.78. The summed E-state index contributed by atoms with van der Waals surface area (Å²) in [5.41, 5.74) is 6.15. The van der Waals surface area contributed by atoms with Gasteiger partial charge in [-0.05, 0) is 50.4 Å². The van der Waals surface area contributed by atoms with Crippen molar-refractivity contribution in [1.29, 1.82) is 0 Å².